The Morgan fingerprint density at radius 1 is 1.05 bits per heavy atom. The monoisotopic (exact) mass is 817 g/mol. The summed E-state index contributed by atoms with van der Waals surface area (Å²) in [6.45, 7) is 0.389. The van der Waals surface area contributed by atoms with E-state index in [1.807, 2.05) is 11.0 Å². The molecule has 11 nitrogen and oxygen atoms in total. The summed E-state index contributed by atoms with van der Waals surface area (Å²) in [7, 11) is 0. The molecule has 2 fully saturated rings. The average molecular weight is 818 g/mol. The summed E-state index contributed by atoms with van der Waals surface area (Å²) in [6.07, 6.45) is -1.46. The first-order valence-corrected chi connectivity index (χ1v) is 19.3. The number of hydrogen-bond donors (Lipinski definition) is 2. The third-order valence-electron chi connectivity index (χ3n) is 11.3. The zero-order chi connectivity index (χ0) is 40.5. The van der Waals surface area contributed by atoms with E-state index >= 15 is 22.0 Å². The second-order valence-electron chi connectivity index (χ2n) is 14.6. The van der Waals surface area contributed by atoms with Crippen LogP contribution in [0.5, 0.6) is 11.8 Å². The summed E-state index contributed by atoms with van der Waals surface area (Å²) in [5, 5.41) is 9.17. The van der Waals surface area contributed by atoms with Crippen molar-refractivity contribution in [2.24, 2.45) is 0 Å². The summed E-state index contributed by atoms with van der Waals surface area (Å²) in [5.74, 6) is -3.08. The SMILES string of the molecule is N#Cc1c(N)sc2c(F)ccc(-c3c(C(F)(F)F)c4c5c(nc(OC[C@@]67CCCN6C[C@H](F)C7)nc5c3F)N([C@H](Cc3ccccn3)c3cccnc3N)CCO4)c12. The van der Waals surface area contributed by atoms with Crippen LogP contribution in [0.25, 0.3) is 32.1 Å². The number of pyridine rings is 2. The molecule has 3 aliphatic rings. The van der Waals surface area contributed by atoms with E-state index in [0.29, 0.717) is 35.6 Å². The van der Waals surface area contributed by atoms with Crippen LogP contribution in [0.4, 0.5) is 43.0 Å². The lowest BCUT2D eigenvalue weighted by atomic mass is 9.91. The number of aromatic nitrogens is 4. The lowest BCUT2D eigenvalue weighted by molar-refractivity contribution is -0.138. The summed E-state index contributed by atoms with van der Waals surface area (Å²) in [6, 6.07) is 11.3. The van der Waals surface area contributed by atoms with Crippen LogP contribution in [0.3, 0.4) is 0 Å². The van der Waals surface area contributed by atoms with Gasteiger partial charge < -0.3 is 25.8 Å². The Morgan fingerprint density at radius 3 is 2.64 bits per heavy atom. The quantitative estimate of drug-likeness (QED) is 0.145. The average Bonchev–Trinajstić information content (AvgIpc) is 3.80. The van der Waals surface area contributed by atoms with E-state index in [0.717, 1.165) is 18.6 Å². The zero-order valence-electron chi connectivity index (χ0n) is 30.5. The zero-order valence-corrected chi connectivity index (χ0v) is 31.3. The first-order chi connectivity index (χ1) is 27.9. The van der Waals surface area contributed by atoms with Crippen molar-refractivity contribution < 1.29 is 35.8 Å². The van der Waals surface area contributed by atoms with Crippen LogP contribution in [0.1, 0.15) is 47.7 Å². The molecule has 4 aromatic heterocycles. The number of rotatable bonds is 8. The number of halogens is 6. The van der Waals surface area contributed by atoms with E-state index in [1.54, 1.807) is 41.4 Å². The third kappa shape index (κ3) is 6.14. The lowest BCUT2D eigenvalue weighted by Crippen LogP contribution is -2.43. The van der Waals surface area contributed by atoms with Crippen molar-refractivity contribution in [3.05, 3.63) is 88.9 Å². The molecule has 3 aliphatic heterocycles. The maximum absolute atomic E-state index is 17.7. The highest BCUT2D eigenvalue weighted by molar-refractivity contribution is 7.23. The Balaban J connectivity index is 1.33. The van der Waals surface area contributed by atoms with Crippen LogP contribution in [0, 0.1) is 23.0 Å². The molecular weight excluding hydrogens is 785 g/mol. The molecule has 0 radical (unpaired) electrons. The molecule has 0 spiro atoms. The summed E-state index contributed by atoms with van der Waals surface area (Å²) < 4.78 is 107. The third-order valence-corrected chi connectivity index (χ3v) is 12.3. The van der Waals surface area contributed by atoms with Gasteiger partial charge in [-0.15, -0.1) is 11.3 Å². The Morgan fingerprint density at radius 2 is 1.88 bits per heavy atom. The molecule has 0 saturated carbocycles. The van der Waals surface area contributed by atoms with Gasteiger partial charge in [0.15, 0.2) is 5.82 Å². The highest BCUT2D eigenvalue weighted by Crippen LogP contribution is 2.54. The molecule has 0 aliphatic carbocycles. The fourth-order valence-electron chi connectivity index (χ4n) is 8.83. The van der Waals surface area contributed by atoms with Gasteiger partial charge >= 0.3 is 12.2 Å². The fraction of sp³-hybridized carbons (Fsp3) is 0.325. The number of benzene rings is 2. The maximum atomic E-state index is 17.7. The second kappa shape index (κ2) is 14.2. The maximum Gasteiger partial charge on any atom is 0.420 e. The highest BCUT2D eigenvalue weighted by Gasteiger charge is 2.50. The smallest absolute Gasteiger partial charge is 0.420 e. The van der Waals surface area contributed by atoms with Crippen molar-refractivity contribution in [3.8, 4) is 29.0 Å². The van der Waals surface area contributed by atoms with Crippen LogP contribution in [0.2, 0.25) is 0 Å². The highest BCUT2D eigenvalue weighted by atomic mass is 32.1. The number of fused-ring (bicyclic) bond motifs is 2. The molecule has 2 aromatic carbocycles. The van der Waals surface area contributed by atoms with Gasteiger partial charge in [0, 0.05) is 54.0 Å². The van der Waals surface area contributed by atoms with Gasteiger partial charge in [-0.05, 0) is 49.2 Å². The largest absolute Gasteiger partial charge is 0.490 e. The van der Waals surface area contributed by atoms with E-state index in [-0.39, 0.29) is 77.4 Å². The van der Waals surface area contributed by atoms with E-state index in [4.69, 9.17) is 25.9 Å². The minimum absolute atomic E-state index is 0.0674. The first kappa shape index (κ1) is 37.6. The van der Waals surface area contributed by atoms with Crippen molar-refractivity contribution in [3.63, 3.8) is 0 Å². The molecule has 0 amide bonds. The molecule has 0 bridgehead atoms. The Labute approximate surface area is 330 Å². The van der Waals surface area contributed by atoms with E-state index in [2.05, 4.69) is 15.0 Å². The molecule has 2 saturated heterocycles. The second-order valence-corrected chi connectivity index (χ2v) is 15.7. The van der Waals surface area contributed by atoms with Crippen LogP contribution < -0.4 is 25.8 Å². The number of thiophene rings is 1. The van der Waals surface area contributed by atoms with Gasteiger partial charge in [0.1, 0.15) is 64.7 Å². The molecule has 6 aromatic rings. The first-order valence-electron chi connectivity index (χ1n) is 18.5. The van der Waals surface area contributed by atoms with Crippen LogP contribution in [-0.4, -0.2) is 69.4 Å². The molecule has 3 atom stereocenters. The van der Waals surface area contributed by atoms with E-state index in [9.17, 15) is 9.65 Å². The van der Waals surface area contributed by atoms with Gasteiger partial charge in [-0.3, -0.25) is 9.88 Å². The Hall–Kier alpha value is -5.93. The predicted octanol–water partition coefficient (Wildman–Crippen LogP) is 7.77. The molecular formula is C40H33F6N9O2S. The molecule has 0 unspecified atom stereocenters. The van der Waals surface area contributed by atoms with Crippen molar-refractivity contribution >= 4 is 49.0 Å². The van der Waals surface area contributed by atoms with Gasteiger partial charge in [-0.1, -0.05) is 18.2 Å². The van der Waals surface area contributed by atoms with Crippen molar-refractivity contribution in [2.75, 3.05) is 49.2 Å². The van der Waals surface area contributed by atoms with Crippen molar-refractivity contribution in [1.82, 2.24) is 24.8 Å². The van der Waals surface area contributed by atoms with Gasteiger partial charge in [0.05, 0.1) is 33.8 Å². The van der Waals surface area contributed by atoms with Crippen molar-refractivity contribution in [1.29, 1.82) is 5.26 Å². The van der Waals surface area contributed by atoms with Gasteiger partial charge in [-0.25, -0.2) is 18.2 Å². The molecule has 298 valence electrons. The summed E-state index contributed by atoms with van der Waals surface area (Å²) in [4.78, 5) is 21.6. The van der Waals surface area contributed by atoms with Crippen LogP contribution in [0.15, 0.2) is 54.9 Å². The molecule has 18 heteroatoms. The van der Waals surface area contributed by atoms with Crippen molar-refractivity contribution in [2.45, 2.75) is 49.6 Å². The number of ether oxygens (including phenoxy) is 2. The van der Waals surface area contributed by atoms with Crippen LogP contribution in [-0.2, 0) is 12.6 Å². The standard InChI is InChI=1S/C40H33F6N9O2S/c41-20-16-39(9-4-12-54(39)18-20)19-57-38-52-32-29-33(30(40(44,45)46)28(31(32)43)23-7-8-25(42)34-27(23)24(17-47)36(49)58-34)56-14-13-55(37(29)53-38)26(15-21-5-1-2-10-50-21)22-6-3-11-51-35(22)48/h1-3,5-8,10-11,20,26H,4,9,12-16,18-19,49H2,(H2,48,51)/t20-,26-,39+/m1/s1. The molecule has 4 N–H and O–H groups in total. The minimum atomic E-state index is -5.27. The number of hydrogen-bond acceptors (Lipinski definition) is 12. The number of nitrogens with two attached hydrogens (primary N) is 2. The molecule has 9 rings (SSSR count). The lowest BCUT2D eigenvalue weighted by Gasteiger charge is -2.33. The number of nitriles is 1. The number of alkyl halides is 4. The molecule has 7 heterocycles. The van der Waals surface area contributed by atoms with E-state index in [1.165, 1.54) is 6.20 Å². The number of nitrogen functional groups attached to an aromatic ring is 2. The number of nitrogens with zero attached hydrogens (tertiary/aromatic N) is 7. The van der Waals surface area contributed by atoms with E-state index < -0.39 is 68.9 Å². The topological polar surface area (TPSA) is 152 Å². The fourth-order valence-corrected chi connectivity index (χ4v) is 9.78. The van der Waals surface area contributed by atoms with Crippen LogP contribution >= 0.6 is 11.3 Å². The predicted molar refractivity (Wildman–Crippen MR) is 205 cm³/mol. The molecule has 58 heavy (non-hydrogen) atoms. The number of anilines is 3. The Bertz CT molecular complexity index is 2640. The van der Waals surface area contributed by atoms with Gasteiger partial charge in [0.25, 0.3) is 0 Å². The summed E-state index contributed by atoms with van der Waals surface area (Å²) in [5.41, 5.74) is 9.05. The normalized spacial score (nSPS) is 19.9. The van der Waals surface area contributed by atoms with Gasteiger partial charge in [0.2, 0.25) is 0 Å². The van der Waals surface area contributed by atoms with Gasteiger partial charge in [-0.2, -0.15) is 28.4 Å². The Kier molecular flexibility index (Phi) is 9.19. The minimum Gasteiger partial charge on any atom is -0.490 e. The summed E-state index contributed by atoms with van der Waals surface area (Å²) >= 11 is 0.662.